The third-order valence-electron chi connectivity index (χ3n) is 3.41. The largest absolute Gasteiger partial charge is 0.399 e. The van der Waals surface area contributed by atoms with Crippen LogP contribution in [0.3, 0.4) is 0 Å². The van der Waals surface area contributed by atoms with E-state index in [2.05, 4.69) is 47.6 Å². The molecular formula is C18H25N3. The lowest BCUT2D eigenvalue weighted by molar-refractivity contribution is 0.539. The first-order chi connectivity index (χ1) is 9.57. The minimum absolute atomic E-state index is 0.0159. The van der Waals surface area contributed by atoms with E-state index in [-0.39, 0.29) is 10.8 Å². The summed E-state index contributed by atoms with van der Waals surface area (Å²) in [5.74, 6) is 0.750. The molecule has 21 heavy (non-hydrogen) atoms. The van der Waals surface area contributed by atoms with Gasteiger partial charge in [0.2, 0.25) is 0 Å². The average Bonchev–Trinajstić information content (AvgIpc) is 2.36. The topological polar surface area (TPSA) is 51.8 Å². The van der Waals surface area contributed by atoms with E-state index in [4.69, 9.17) is 15.7 Å². The second-order valence-electron chi connectivity index (χ2n) is 7.59. The number of hydrogen-bond acceptors (Lipinski definition) is 3. The van der Waals surface area contributed by atoms with Gasteiger partial charge in [0.25, 0.3) is 0 Å². The molecule has 1 aromatic carbocycles. The van der Waals surface area contributed by atoms with Gasteiger partial charge in [-0.25, -0.2) is 9.97 Å². The number of benzene rings is 1. The number of nitrogens with zero attached hydrogens (tertiary/aromatic N) is 2. The van der Waals surface area contributed by atoms with E-state index in [1.54, 1.807) is 0 Å². The van der Waals surface area contributed by atoms with Crippen LogP contribution in [-0.2, 0) is 10.8 Å². The highest BCUT2D eigenvalue weighted by atomic mass is 14.9. The highest BCUT2D eigenvalue weighted by molar-refractivity contribution is 5.61. The Morgan fingerprint density at radius 2 is 1.33 bits per heavy atom. The molecule has 0 fully saturated rings. The molecular weight excluding hydrogens is 258 g/mol. The molecule has 0 atom stereocenters. The van der Waals surface area contributed by atoms with Crippen LogP contribution in [0.4, 0.5) is 5.69 Å². The summed E-state index contributed by atoms with van der Waals surface area (Å²) in [4.78, 5) is 9.53. The zero-order valence-electron chi connectivity index (χ0n) is 13.9. The van der Waals surface area contributed by atoms with Crippen molar-refractivity contribution in [2.75, 3.05) is 5.73 Å². The Kier molecular flexibility index (Phi) is 3.79. The lowest BCUT2D eigenvalue weighted by Crippen LogP contribution is -2.20. The monoisotopic (exact) mass is 283 g/mol. The Bertz CT molecular complexity index is 614. The standard InChI is InChI=1S/C18H25N3/c1-17(2,3)14-11-15(18(4,5)6)21-16(20-14)12-8-7-9-13(19)10-12/h7-11H,19H2,1-6H3. The minimum atomic E-state index is -0.0159. The maximum atomic E-state index is 5.89. The van der Waals surface area contributed by atoms with Crippen molar-refractivity contribution >= 4 is 5.69 Å². The van der Waals surface area contributed by atoms with Gasteiger partial charge >= 0.3 is 0 Å². The van der Waals surface area contributed by atoms with Crippen LogP contribution in [0.5, 0.6) is 0 Å². The summed E-state index contributed by atoms with van der Waals surface area (Å²) < 4.78 is 0. The van der Waals surface area contributed by atoms with Crippen molar-refractivity contribution < 1.29 is 0 Å². The lowest BCUT2D eigenvalue weighted by Gasteiger charge is -2.24. The molecule has 0 spiro atoms. The van der Waals surface area contributed by atoms with E-state index in [0.29, 0.717) is 0 Å². The van der Waals surface area contributed by atoms with Crippen LogP contribution in [-0.4, -0.2) is 9.97 Å². The maximum absolute atomic E-state index is 5.89. The third kappa shape index (κ3) is 3.60. The lowest BCUT2D eigenvalue weighted by atomic mass is 9.86. The molecule has 1 heterocycles. The molecule has 0 aliphatic carbocycles. The predicted molar refractivity (Wildman–Crippen MR) is 89.3 cm³/mol. The van der Waals surface area contributed by atoms with E-state index in [1.165, 1.54) is 0 Å². The molecule has 0 radical (unpaired) electrons. The summed E-state index contributed by atoms with van der Waals surface area (Å²) in [5, 5.41) is 0. The van der Waals surface area contributed by atoms with Crippen LogP contribution in [0, 0.1) is 0 Å². The molecule has 3 nitrogen and oxygen atoms in total. The second kappa shape index (κ2) is 5.14. The molecule has 0 amide bonds. The molecule has 112 valence electrons. The van der Waals surface area contributed by atoms with Crippen LogP contribution < -0.4 is 5.73 Å². The number of aromatic nitrogens is 2. The molecule has 0 saturated heterocycles. The Morgan fingerprint density at radius 3 is 1.76 bits per heavy atom. The number of anilines is 1. The van der Waals surface area contributed by atoms with Crippen molar-refractivity contribution in [2.45, 2.75) is 52.4 Å². The van der Waals surface area contributed by atoms with Gasteiger partial charge in [-0.05, 0) is 18.2 Å². The summed E-state index contributed by atoms with van der Waals surface area (Å²) in [7, 11) is 0. The summed E-state index contributed by atoms with van der Waals surface area (Å²) in [6.45, 7) is 13.0. The van der Waals surface area contributed by atoms with Crippen LogP contribution in [0.2, 0.25) is 0 Å². The van der Waals surface area contributed by atoms with Crippen molar-refractivity contribution in [1.82, 2.24) is 9.97 Å². The second-order valence-corrected chi connectivity index (χ2v) is 7.59. The Labute approximate surface area is 127 Å². The van der Waals surface area contributed by atoms with E-state index in [9.17, 15) is 0 Å². The molecule has 1 aromatic heterocycles. The zero-order valence-corrected chi connectivity index (χ0v) is 13.9. The molecule has 2 aromatic rings. The molecule has 0 aliphatic heterocycles. The highest BCUT2D eigenvalue weighted by Gasteiger charge is 2.23. The van der Waals surface area contributed by atoms with Gasteiger partial charge in [-0.15, -0.1) is 0 Å². The zero-order chi connectivity index (χ0) is 15.8. The summed E-state index contributed by atoms with van der Waals surface area (Å²) in [6.07, 6.45) is 0. The normalized spacial score (nSPS) is 12.5. The molecule has 0 aliphatic rings. The minimum Gasteiger partial charge on any atom is -0.399 e. The van der Waals surface area contributed by atoms with Crippen molar-refractivity contribution in [2.24, 2.45) is 0 Å². The molecule has 0 bridgehead atoms. The number of rotatable bonds is 1. The van der Waals surface area contributed by atoms with Gasteiger partial charge in [-0.3, -0.25) is 0 Å². The van der Waals surface area contributed by atoms with Crippen LogP contribution in [0.15, 0.2) is 30.3 Å². The van der Waals surface area contributed by atoms with Gasteiger partial charge in [0.05, 0.1) is 11.4 Å². The Hall–Kier alpha value is -1.90. The SMILES string of the molecule is CC(C)(C)c1cc(C(C)(C)C)nc(-c2cccc(N)c2)n1. The van der Waals surface area contributed by atoms with Crippen molar-refractivity contribution in [3.63, 3.8) is 0 Å². The first-order valence-corrected chi connectivity index (χ1v) is 7.33. The molecule has 2 rings (SSSR count). The predicted octanol–water partition coefficient (Wildman–Crippen LogP) is 4.32. The fourth-order valence-corrected chi connectivity index (χ4v) is 2.02. The third-order valence-corrected chi connectivity index (χ3v) is 3.41. The fraction of sp³-hybridized carbons (Fsp3) is 0.444. The summed E-state index contributed by atoms with van der Waals surface area (Å²) in [6, 6.07) is 9.87. The number of hydrogen-bond donors (Lipinski definition) is 1. The molecule has 3 heteroatoms. The van der Waals surface area contributed by atoms with Crippen LogP contribution >= 0.6 is 0 Å². The smallest absolute Gasteiger partial charge is 0.159 e. The quantitative estimate of drug-likeness (QED) is 0.793. The van der Waals surface area contributed by atoms with E-state index >= 15 is 0 Å². The van der Waals surface area contributed by atoms with Crippen molar-refractivity contribution in [3.05, 3.63) is 41.7 Å². The van der Waals surface area contributed by atoms with Gasteiger partial charge in [-0.2, -0.15) is 0 Å². The molecule has 0 saturated carbocycles. The van der Waals surface area contributed by atoms with Crippen LogP contribution in [0.25, 0.3) is 11.4 Å². The first kappa shape index (κ1) is 15.5. The van der Waals surface area contributed by atoms with E-state index in [0.717, 1.165) is 28.5 Å². The van der Waals surface area contributed by atoms with Crippen molar-refractivity contribution in [1.29, 1.82) is 0 Å². The van der Waals surface area contributed by atoms with Gasteiger partial charge in [-0.1, -0.05) is 53.7 Å². The molecule has 0 unspecified atom stereocenters. The maximum Gasteiger partial charge on any atom is 0.159 e. The summed E-state index contributed by atoms with van der Waals surface area (Å²) >= 11 is 0. The Morgan fingerprint density at radius 1 is 0.810 bits per heavy atom. The highest BCUT2D eigenvalue weighted by Crippen LogP contribution is 2.29. The average molecular weight is 283 g/mol. The van der Waals surface area contributed by atoms with Gasteiger partial charge in [0.1, 0.15) is 0 Å². The van der Waals surface area contributed by atoms with Crippen LogP contribution in [0.1, 0.15) is 52.9 Å². The summed E-state index contributed by atoms with van der Waals surface area (Å²) in [5.41, 5.74) is 9.66. The molecule has 2 N–H and O–H groups in total. The first-order valence-electron chi connectivity index (χ1n) is 7.33. The Balaban J connectivity index is 2.66. The van der Waals surface area contributed by atoms with E-state index in [1.807, 2.05) is 24.3 Å². The number of nitrogen functional groups attached to an aromatic ring is 1. The van der Waals surface area contributed by atoms with E-state index < -0.39 is 0 Å². The van der Waals surface area contributed by atoms with Gasteiger partial charge in [0.15, 0.2) is 5.82 Å². The van der Waals surface area contributed by atoms with Crippen molar-refractivity contribution in [3.8, 4) is 11.4 Å². The van der Waals surface area contributed by atoms with Gasteiger partial charge in [0, 0.05) is 22.1 Å². The van der Waals surface area contributed by atoms with Gasteiger partial charge < -0.3 is 5.73 Å². The fourth-order valence-electron chi connectivity index (χ4n) is 2.02. The number of nitrogens with two attached hydrogens (primary N) is 1.